The molecule has 0 bridgehead atoms. The van der Waals surface area contributed by atoms with Gasteiger partial charge in [-0.05, 0) is 6.08 Å². The number of fused-ring (bicyclic) bond motifs is 1. The van der Waals surface area contributed by atoms with Gasteiger partial charge in [0, 0.05) is 18.1 Å². The molecule has 0 radical (unpaired) electrons. The van der Waals surface area contributed by atoms with E-state index in [9.17, 15) is 10.0 Å². The van der Waals surface area contributed by atoms with E-state index < -0.39 is 10.7 Å². The second kappa shape index (κ2) is 2.94. The van der Waals surface area contributed by atoms with Crippen LogP contribution in [0.1, 0.15) is 5.56 Å². The van der Waals surface area contributed by atoms with Crippen LogP contribution in [0, 0.1) is 5.21 Å². The van der Waals surface area contributed by atoms with Gasteiger partial charge in [-0.15, -0.1) is 0 Å². The summed E-state index contributed by atoms with van der Waals surface area (Å²) in [7, 11) is 0. The second-order valence-corrected chi connectivity index (χ2v) is 3.16. The van der Waals surface area contributed by atoms with Crippen LogP contribution in [-0.2, 0) is 6.42 Å². The van der Waals surface area contributed by atoms with Gasteiger partial charge in [0.15, 0.2) is 5.69 Å². The molecular weight excluding hydrogens is 182 g/mol. The van der Waals surface area contributed by atoms with Crippen molar-refractivity contribution in [2.75, 3.05) is 0 Å². The van der Waals surface area contributed by atoms with Gasteiger partial charge in [-0.3, -0.25) is 0 Å². The Labute approximate surface area is 80.9 Å². The monoisotopic (exact) mass is 191 g/mol. The number of amides is 1. The molecule has 1 aromatic carbocycles. The number of para-hydroxylation sites is 1. The van der Waals surface area contributed by atoms with E-state index in [-0.39, 0.29) is 0 Å². The van der Waals surface area contributed by atoms with Crippen molar-refractivity contribution < 1.29 is 9.90 Å². The van der Waals surface area contributed by atoms with Crippen molar-refractivity contribution in [3.63, 3.8) is 0 Å². The van der Waals surface area contributed by atoms with Crippen LogP contribution in [0.15, 0.2) is 36.5 Å². The molecule has 0 aromatic heterocycles. The highest BCUT2D eigenvalue weighted by molar-refractivity contribution is 5.85. The molecule has 4 nitrogen and oxygen atoms in total. The Morgan fingerprint density at radius 3 is 2.86 bits per heavy atom. The lowest BCUT2D eigenvalue weighted by Crippen LogP contribution is -2.44. The van der Waals surface area contributed by atoms with Gasteiger partial charge in [-0.1, -0.05) is 18.2 Å². The minimum atomic E-state index is -1.41. The zero-order valence-corrected chi connectivity index (χ0v) is 7.38. The highest BCUT2D eigenvalue weighted by Crippen LogP contribution is 2.31. The Morgan fingerprint density at radius 2 is 2.14 bits per heavy atom. The van der Waals surface area contributed by atoms with E-state index in [0.29, 0.717) is 12.1 Å². The minimum absolute atomic E-state index is 0.294. The third-order valence-corrected chi connectivity index (χ3v) is 2.29. The van der Waals surface area contributed by atoms with Crippen molar-refractivity contribution in [2.45, 2.75) is 6.42 Å². The van der Waals surface area contributed by atoms with Crippen LogP contribution in [0.2, 0.25) is 0 Å². The summed E-state index contributed by atoms with van der Waals surface area (Å²) in [5, 5.41) is 20.7. The molecular formula is C10H9NO3. The second-order valence-electron chi connectivity index (χ2n) is 3.16. The van der Waals surface area contributed by atoms with Gasteiger partial charge < -0.3 is 10.3 Å². The van der Waals surface area contributed by atoms with Gasteiger partial charge in [0.05, 0.1) is 0 Å². The van der Waals surface area contributed by atoms with Crippen LogP contribution in [0.4, 0.5) is 10.5 Å². The van der Waals surface area contributed by atoms with Gasteiger partial charge in [-0.2, -0.15) is 9.44 Å². The van der Waals surface area contributed by atoms with Crippen LogP contribution in [0.3, 0.4) is 0 Å². The van der Waals surface area contributed by atoms with E-state index in [4.69, 9.17) is 5.11 Å². The van der Waals surface area contributed by atoms with E-state index in [1.807, 2.05) is 0 Å². The first-order chi connectivity index (χ1) is 6.64. The highest BCUT2D eigenvalue weighted by Gasteiger charge is 2.32. The third-order valence-electron chi connectivity index (χ3n) is 2.29. The lowest BCUT2D eigenvalue weighted by atomic mass is 10.1. The lowest BCUT2D eigenvalue weighted by molar-refractivity contribution is 0.175. The van der Waals surface area contributed by atoms with E-state index >= 15 is 0 Å². The van der Waals surface area contributed by atoms with Gasteiger partial charge in [0.1, 0.15) is 6.20 Å². The summed E-state index contributed by atoms with van der Waals surface area (Å²) >= 11 is 0. The Morgan fingerprint density at radius 1 is 1.43 bits per heavy atom. The predicted octanol–water partition coefficient (Wildman–Crippen LogP) is 2.24. The highest BCUT2D eigenvalue weighted by atomic mass is 16.6. The summed E-state index contributed by atoms with van der Waals surface area (Å²) in [6.07, 6.45) is 1.95. The van der Waals surface area contributed by atoms with Gasteiger partial charge in [0.25, 0.3) is 0 Å². The van der Waals surface area contributed by atoms with Crippen molar-refractivity contribution in [3.05, 3.63) is 47.3 Å². The zero-order chi connectivity index (χ0) is 10.2. The number of hydrogen-bond donors (Lipinski definition) is 1. The molecule has 1 heterocycles. The lowest BCUT2D eigenvalue weighted by Gasteiger charge is -2.35. The Balaban J connectivity index is 2.61. The molecule has 1 aromatic rings. The smallest absolute Gasteiger partial charge is 0.523 e. The summed E-state index contributed by atoms with van der Waals surface area (Å²) in [5.74, 6) is 0. The predicted molar refractivity (Wildman–Crippen MR) is 52.5 cm³/mol. The van der Waals surface area contributed by atoms with E-state index in [0.717, 1.165) is 11.8 Å². The molecule has 1 N–H and O–H groups in total. The van der Waals surface area contributed by atoms with Crippen LogP contribution in [-0.4, -0.2) is 11.2 Å². The maximum atomic E-state index is 11.9. The van der Waals surface area contributed by atoms with Crippen molar-refractivity contribution >= 4 is 11.8 Å². The van der Waals surface area contributed by atoms with E-state index in [1.165, 1.54) is 0 Å². The standard InChI is InChI=1S/C10H9NO3/c12-10(13)11(14)7-3-5-8-4-1-2-6-9(8)11/h1-4,6-7H,5H2,(H,12,13). The number of nitrogens with zero attached hydrogens (tertiary/aromatic N) is 1. The van der Waals surface area contributed by atoms with E-state index in [2.05, 4.69) is 0 Å². The molecule has 0 saturated carbocycles. The summed E-state index contributed by atoms with van der Waals surface area (Å²) in [5.41, 5.74) is 1.06. The molecule has 1 atom stereocenters. The third kappa shape index (κ3) is 1.13. The molecule has 1 amide bonds. The number of carboxylic acid groups (broad SMARTS) is 1. The number of rotatable bonds is 0. The quantitative estimate of drug-likeness (QED) is 0.505. The molecule has 0 spiro atoms. The van der Waals surface area contributed by atoms with E-state index in [1.54, 1.807) is 30.3 Å². The SMILES string of the molecule is O=C(O)[N+]1([O-])C=CCc2ccccc21. The number of benzene rings is 1. The Kier molecular flexibility index (Phi) is 1.87. The fourth-order valence-electron chi connectivity index (χ4n) is 1.58. The molecule has 1 unspecified atom stereocenters. The molecule has 72 valence electrons. The van der Waals surface area contributed by atoms with Crippen molar-refractivity contribution in [2.24, 2.45) is 0 Å². The largest absolute Gasteiger partial charge is 0.612 e. The fourth-order valence-corrected chi connectivity index (χ4v) is 1.58. The number of hydroxylamine groups is 2. The minimum Gasteiger partial charge on any atom is -0.612 e. The zero-order valence-electron chi connectivity index (χ0n) is 7.38. The van der Waals surface area contributed by atoms with Gasteiger partial charge >= 0.3 is 6.09 Å². The molecule has 2 rings (SSSR count). The van der Waals surface area contributed by atoms with Crippen LogP contribution in [0.5, 0.6) is 0 Å². The topological polar surface area (TPSA) is 60.4 Å². The summed E-state index contributed by atoms with van der Waals surface area (Å²) < 4.78 is -1.41. The van der Waals surface area contributed by atoms with Crippen LogP contribution >= 0.6 is 0 Å². The first-order valence-corrected chi connectivity index (χ1v) is 4.24. The molecule has 14 heavy (non-hydrogen) atoms. The first kappa shape index (κ1) is 8.93. The molecule has 0 fully saturated rings. The van der Waals surface area contributed by atoms with Crippen LogP contribution < -0.4 is 4.65 Å². The fraction of sp³-hybridized carbons (Fsp3) is 0.100. The summed E-state index contributed by atoms with van der Waals surface area (Å²) in [6, 6.07) is 6.79. The van der Waals surface area contributed by atoms with Crippen molar-refractivity contribution in [3.8, 4) is 0 Å². The normalized spacial score (nSPS) is 24.4. The number of quaternary nitrogens is 1. The number of carbonyl (C=O) groups is 1. The Bertz CT molecular complexity index is 414. The summed E-state index contributed by atoms with van der Waals surface area (Å²) in [4.78, 5) is 10.8. The van der Waals surface area contributed by atoms with Gasteiger partial charge in [0.2, 0.25) is 0 Å². The molecule has 0 aliphatic carbocycles. The molecule has 0 saturated heterocycles. The summed E-state index contributed by atoms with van der Waals surface area (Å²) in [6.45, 7) is 0. The Hall–Kier alpha value is -1.65. The first-order valence-electron chi connectivity index (χ1n) is 4.24. The molecule has 4 heteroatoms. The number of hydrogen-bond acceptors (Lipinski definition) is 2. The van der Waals surface area contributed by atoms with Crippen molar-refractivity contribution in [1.29, 1.82) is 0 Å². The number of allylic oxidation sites excluding steroid dienone is 1. The van der Waals surface area contributed by atoms with Crippen LogP contribution in [0.25, 0.3) is 0 Å². The maximum absolute atomic E-state index is 11.9. The molecule has 1 aliphatic heterocycles. The average molecular weight is 191 g/mol. The van der Waals surface area contributed by atoms with Gasteiger partial charge in [-0.25, -0.2) is 0 Å². The molecule has 1 aliphatic rings. The average Bonchev–Trinajstić information content (AvgIpc) is 2.18. The van der Waals surface area contributed by atoms with Crippen molar-refractivity contribution in [1.82, 2.24) is 4.65 Å². The maximum Gasteiger partial charge on any atom is 0.523 e.